The van der Waals surface area contributed by atoms with E-state index in [0.717, 1.165) is 12.5 Å². The van der Waals surface area contributed by atoms with Gasteiger partial charge in [-0.05, 0) is 49.7 Å². The molecule has 1 atom stereocenters. The molecule has 7 nitrogen and oxygen atoms in total. The lowest BCUT2D eigenvalue weighted by molar-refractivity contribution is 0.0412. The molecular weight excluding hydrogens is 461 g/mol. The highest BCUT2D eigenvalue weighted by atomic mass is 35.5. The molecule has 1 saturated heterocycles. The van der Waals surface area contributed by atoms with Gasteiger partial charge >= 0.3 is 6.09 Å². The Hall–Kier alpha value is -3.39. The number of phenols is 1. The molecule has 2 aromatic carbocycles. The first-order chi connectivity index (χ1) is 16.3. The summed E-state index contributed by atoms with van der Waals surface area (Å²) in [6.45, 7) is 5.37. The van der Waals surface area contributed by atoms with Gasteiger partial charge in [0, 0.05) is 42.2 Å². The standard InChI is InChI=1S/C25H25ClFN3O4/c1-3-10-34-25(33)30-9-8-29(14-15(30)2)24(32)17-4-6-18-19(26)13-21(28-22(18)11-17)16-5-7-20(27)23(31)12-16/h4-7,11-13,15,31H,3,8-10,14H2,1-2H3. The molecular formula is C25H25ClFN3O4. The van der Waals surface area contributed by atoms with E-state index in [1.807, 2.05) is 13.8 Å². The normalized spacial score (nSPS) is 16.1. The minimum Gasteiger partial charge on any atom is -0.505 e. The van der Waals surface area contributed by atoms with E-state index in [2.05, 4.69) is 4.98 Å². The molecule has 3 aromatic rings. The zero-order valence-electron chi connectivity index (χ0n) is 18.9. The molecule has 1 aliphatic heterocycles. The summed E-state index contributed by atoms with van der Waals surface area (Å²) in [5, 5.41) is 10.8. The van der Waals surface area contributed by atoms with Crippen LogP contribution in [-0.4, -0.2) is 64.2 Å². The molecule has 2 heterocycles. The van der Waals surface area contributed by atoms with Crippen molar-refractivity contribution in [2.75, 3.05) is 26.2 Å². The molecule has 34 heavy (non-hydrogen) atoms. The zero-order chi connectivity index (χ0) is 24.4. The Kier molecular flexibility index (Phi) is 6.88. The molecule has 0 saturated carbocycles. The molecule has 1 aliphatic rings. The maximum absolute atomic E-state index is 13.4. The van der Waals surface area contributed by atoms with E-state index in [9.17, 15) is 19.1 Å². The number of halogens is 2. The number of nitrogens with zero attached hydrogens (tertiary/aromatic N) is 3. The van der Waals surface area contributed by atoms with Crippen LogP contribution in [0, 0.1) is 5.82 Å². The summed E-state index contributed by atoms with van der Waals surface area (Å²) >= 11 is 6.44. The zero-order valence-corrected chi connectivity index (χ0v) is 19.7. The second kappa shape index (κ2) is 9.85. The van der Waals surface area contributed by atoms with Crippen molar-refractivity contribution in [3.05, 3.63) is 58.9 Å². The number of benzene rings is 2. The topological polar surface area (TPSA) is 83.0 Å². The number of aromatic hydroxyl groups is 1. The van der Waals surface area contributed by atoms with Crippen molar-refractivity contribution < 1.29 is 23.8 Å². The predicted molar refractivity (Wildman–Crippen MR) is 128 cm³/mol. The largest absolute Gasteiger partial charge is 0.505 e. The molecule has 4 rings (SSSR count). The van der Waals surface area contributed by atoms with Crippen molar-refractivity contribution >= 4 is 34.5 Å². The van der Waals surface area contributed by atoms with E-state index in [1.165, 1.54) is 12.1 Å². The van der Waals surface area contributed by atoms with Crippen molar-refractivity contribution in [1.82, 2.24) is 14.8 Å². The van der Waals surface area contributed by atoms with E-state index in [1.54, 1.807) is 34.1 Å². The van der Waals surface area contributed by atoms with Crippen LogP contribution in [0.15, 0.2) is 42.5 Å². The number of hydrogen-bond donors (Lipinski definition) is 1. The fourth-order valence-electron chi connectivity index (χ4n) is 4.01. The summed E-state index contributed by atoms with van der Waals surface area (Å²) in [5.41, 5.74) is 1.90. The van der Waals surface area contributed by atoms with Gasteiger partial charge in [-0.2, -0.15) is 0 Å². The van der Waals surface area contributed by atoms with Gasteiger partial charge in [0.1, 0.15) is 0 Å². The number of carbonyl (C=O) groups excluding carboxylic acids is 2. The summed E-state index contributed by atoms with van der Waals surface area (Å²) in [6.07, 6.45) is 0.396. The Morgan fingerprint density at radius 2 is 2.00 bits per heavy atom. The first kappa shape index (κ1) is 23.8. The van der Waals surface area contributed by atoms with E-state index >= 15 is 0 Å². The number of fused-ring (bicyclic) bond motifs is 1. The van der Waals surface area contributed by atoms with Gasteiger partial charge in [-0.3, -0.25) is 4.79 Å². The van der Waals surface area contributed by atoms with Crippen LogP contribution in [0.1, 0.15) is 30.6 Å². The first-order valence-corrected chi connectivity index (χ1v) is 11.5. The van der Waals surface area contributed by atoms with Gasteiger partial charge in [0.15, 0.2) is 11.6 Å². The summed E-state index contributed by atoms with van der Waals surface area (Å²) in [7, 11) is 0. The first-order valence-electron chi connectivity index (χ1n) is 11.1. The highest BCUT2D eigenvalue weighted by Gasteiger charge is 2.31. The summed E-state index contributed by atoms with van der Waals surface area (Å²) in [5.74, 6) is -1.37. The van der Waals surface area contributed by atoms with Crippen LogP contribution in [0.3, 0.4) is 0 Å². The third kappa shape index (κ3) is 4.77. The molecule has 178 valence electrons. The monoisotopic (exact) mass is 485 g/mol. The second-order valence-corrected chi connectivity index (χ2v) is 8.70. The molecule has 9 heteroatoms. The Morgan fingerprint density at radius 3 is 2.71 bits per heavy atom. The van der Waals surface area contributed by atoms with Crippen molar-refractivity contribution in [3.8, 4) is 17.0 Å². The third-order valence-corrected chi connectivity index (χ3v) is 6.14. The lowest BCUT2D eigenvalue weighted by Crippen LogP contribution is -2.55. The smallest absolute Gasteiger partial charge is 0.410 e. The van der Waals surface area contributed by atoms with Gasteiger partial charge in [0.25, 0.3) is 5.91 Å². The van der Waals surface area contributed by atoms with Crippen molar-refractivity contribution in [2.24, 2.45) is 0 Å². The van der Waals surface area contributed by atoms with E-state index in [4.69, 9.17) is 16.3 Å². The Balaban J connectivity index is 1.57. The third-order valence-electron chi connectivity index (χ3n) is 5.83. The molecule has 1 aromatic heterocycles. The quantitative estimate of drug-likeness (QED) is 0.556. The van der Waals surface area contributed by atoms with Crippen LogP contribution < -0.4 is 0 Å². The van der Waals surface area contributed by atoms with E-state index in [0.29, 0.717) is 59.0 Å². The predicted octanol–water partition coefficient (Wildman–Crippen LogP) is 5.09. The number of pyridine rings is 1. The van der Waals surface area contributed by atoms with Crippen molar-refractivity contribution in [3.63, 3.8) is 0 Å². The maximum atomic E-state index is 13.4. The number of piperazine rings is 1. The number of phenolic OH excluding ortho intramolecular Hbond substituents is 1. The summed E-state index contributed by atoms with van der Waals surface area (Å²) in [4.78, 5) is 33.4. The van der Waals surface area contributed by atoms with E-state index in [-0.39, 0.29) is 18.0 Å². The molecule has 0 bridgehead atoms. The average molecular weight is 486 g/mol. The fourth-order valence-corrected chi connectivity index (χ4v) is 4.27. The molecule has 0 spiro atoms. The minimum atomic E-state index is -0.725. The lowest BCUT2D eigenvalue weighted by atomic mass is 10.1. The number of amides is 2. The number of carbonyl (C=O) groups is 2. The maximum Gasteiger partial charge on any atom is 0.410 e. The Morgan fingerprint density at radius 1 is 1.21 bits per heavy atom. The molecule has 1 unspecified atom stereocenters. The van der Waals surface area contributed by atoms with E-state index < -0.39 is 11.6 Å². The Labute approximate surface area is 201 Å². The number of rotatable bonds is 4. The fraction of sp³-hybridized carbons (Fsp3) is 0.320. The highest BCUT2D eigenvalue weighted by Crippen LogP contribution is 2.31. The van der Waals surface area contributed by atoms with Crippen LogP contribution in [0.5, 0.6) is 5.75 Å². The number of hydrogen-bond acceptors (Lipinski definition) is 5. The molecule has 2 amide bonds. The SMILES string of the molecule is CCCOC(=O)N1CCN(C(=O)c2ccc3c(Cl)cc(-c4ccc(F)c(O)c4)nc3c2)CC1C. The average Bonchev–Trinajstić information content (AvgIpc) is 2.83. The lowest BCUT2D eigenvalue weighted by Gasteiger charge is -2.39. The Bertz CT molecular complexity index is 1250. The minimum absolute atomic E-state index is 0.168. The van der Waals surface area contributed by atoms with Gasteiger partial charge in [-0.1, -0.05) is 24.6 Å². The highest BCUT2D eigenvalue weighted by molar-refractivity contribution is 6.35. The summed E-state index contributed by atoms with van der Waals surface area (Å²) in [6, 6.07) is 10.5. The molecule has 1 N–H and O–H groups in total. The van der Waals surface area contributed by atoms with Gasteiger partial charge < -0.3 is 19.6 Å². The second-order valence-electron chi connectivity index (χ2n) is 8.30. The van der Waals surface area contributed by atoms with Crippen LogP contribution >= 0.6 is 11.6 Å². The van der Waals surface area contributed by atoms with Crippen LogP contribution in [-0.2, 0) is 4.74 Å². The van der Waals surface area contributed by atoms with Gasteiger partial charge in [0.2, 0.25) is 0 Å². The molecule has 1 fully saturated rings. The van der Waals surface area contributed by atoms with Crippen LogP contribution in [0.25, 0.3) is 22.2 Å². The molecule has 0 aliphatic carbocycles. The molecule has 0 radical (unpaired) electrons. The summed E-state index contributed by atoms with van der Waals surface area (Å²) < 4.78 is 18.7. The van der Waals surface area contributed by atoms with Crippen LogP contribution in [0.2, 0.25) is 5.02 Å². The van der Waals surface area contributed by atoms with Crippen molar-refractivity contribution in [2.45, 2.75) is 26.3 Å². The van der Waals surface area contributed by atoms with Gasteiger partial charge in [-0.25, -0.2) is 14.2 Å². The van der Waals surface area contributed by atoms with Crippen molar-refractivity contribution in [1.29, 1.82) is 0 Å². The number of ether oxygens (including phenoxy) is 1. The number of aromatic nitrogens is 1. The van der Waals surface area contributed by atoms with Gasteiger partial charge in [-0.15, -0.1) is 0 Å². The van der Waals surface area contributed by atoms with Gasteiger partial charge in [0.05, 0.1) is 22.8 Å². The van der Waals surface area contributed by atoms with Crippen LogP contribution in [0.4, 0.5) is 9.18 Å².